The molecule has 1 heterocycles. The average molecular weight is 217 g/mol. The normalized spacial score (nSPS) is 18.4. The Morgan fingerprint density at radius 2 is 1.80 bits per heavy atom. The van der Waals surface area contributed by atoms with Gasteiger partial charge >= 0.3 is 0 Å². The highest BCUT2D eigenvalue weighted by Crippen LogP contribution is 2.06. The largest absolute Gasteiger partial charge is 0.379 e. The van der Waals surface area contributed by atoms with E-state index >= 15 is 0 Å². The minimum Gasteiger partial charge on any atom is -0.379 e. The third-order valence-corrected chi connectivity index (χ3v) is 2.45. The number of hydrogen-bond donors (Lipinski definition) is 2. The molecule has 0 spiro atoms. The van der Waals surface area contributed by atoms with Crippen molar-refractivity contribution in [1.82, 2.24) is 4.90 Å². The fraction of sp³-hybridized carbons (Fsp3) is 1.00. The lowest BCUT2D eigenvalue weighted by Gasteiger charge is -2.29. The Kier molecular flexibility index (Phi) is 10.3. The Labute approximate surface area is 93.9 Å². The summed E-state index contributed by atoms with van der Waals surface area (Å²) in [6.45, 7) is 9.34. The van der Waals surface area contributed by atoms with Crippen molar-refractivity contribution in [3.05, 3.63) is 0 Å². The van der Waals surface area contributed by atoms with E-state index in [9.17, 15) is 0 Å². The number of hydrogen-bond acceptors (Lipinski definition) is 4. The molecule has 15 heavy (non-hydrogen) atoms. The summed E-state index contributed by atoms with van der Waals surface area (Å²) in [6.07, 6.45) is 2.24. The summed E-state index contributed by atoms with van der Waals surface area (Å²) in [5.41, 5.74) is 11.1. The smallest absolute Gasteiger partial charge is 0.0594 e. The molecule has 1 rings (SSSR count). The standard InChI is InChI=1S/C9H21N3O.C2H6/c10-3-7-13-8-6-12-4-1-9(11)2-5-12;1-2/h9H,1-8,10-11H2;1-2H3. The van der Waals surface area contributed by atoms with E-state index in [-0.39, 0.29) is 0 Å². The molecule has 0 radical (unpaired) electrons. The van der Waals surface area contributed by atoms with Gasteiger partial charge in [0.15, 0.2) is 0 Å². The monoisotopic (exact) mass is 217 g/mol. The van der Waals surface area contributed by atoms with E-state index in [2.05, 4.69) is 4.90 Å². The van der Waals surface area contributed by atoms with Crippen molar-refractivity contribution in [2.24, 2.45) is 11.5 Å². The van der Waals surface area contributed by atoms with Gasteiger partial charge in [0.05, 0.1) is 13.2 Å². The second-order valence-corrected chi connectivity index (χ2v) is 3.58. The van der Waals surface area contributed by atoms with Gasteiger partial charge in [0, 0.05) is 19.1 Å². The fourth-order valence-corrected chi connectivity index (χ4v) is 1.56. The first-order chi connectivity index (χ1) is 7.33. The summed E-state index contributed by atoms with van der Waals surface area (Å²) >= 11 is 0. The van der Waals surface area contributed by atoms with Crippen LogP contribution in [0.1, 0.15) is 26.7 Å². The Balaban J connectivity index is 0.000000921. The van der Waals surface area contributed by atoms with Crippen LogP contribution < -0.4 is 11.5 Å². The molecule has 1 fully saturated rings. The summed E-state index contributed by atoms with van der Waals surface area (Å²) in [7, 11) is 0. The second-order valence-electron chi connectivity index (χ2n) is 3.58. The molecule has 1 saturated heterocycles. The molecule has 0 amide bonds. The predicted octanol–water partition coefficient (Wildman–Crippen LogP) is 0.411. The van der Waals surface area contributed by atoms with Crippen LogP contribution in [0.3, 0.4) is 0 Å². The Hall–Kier alpha value is -0.160. The lowest BCUT2D eigenvalue weighted by Crippen LogP contribution is -2.41. The van der Waals surface area contributed by atoms with E-state index in [4.69, 9.17) is 16.2 Å². The van der Waals surface area contributed by atoms with E-state index in [0.29, 0.717) is 19.2 Å². The first-order valence-electron chi connectivity index (χ1n) is 6.08. The summed E-state index contributed by atoms with van der Waals surface area (Å²) in [6, 6.07) is 0.418. The Morgan fingerprint density at radius 1 is 1.20 bits per heavy atom. The summed E-state index contributed by atoms with van der Waals surface area (Å²) in [5, 5.41) is 0. The van der Waals surface area contributed by atoms with E-state index in [0.717, 1.165) is 39.1 Å². The number of piperidine rings is 1. The highest BCUT2D eigenvalue weighted by Gasteiger charge is 2.14. The molecule has 0 unspecified atom stereocenters. The van der Waals surface area contributed by atoms with Crippen LogP contribution >= 0.6 is 0 Å². The summed E-state index contributed by atoms with van der Waals surface area (Å²) in [4.78, 5) is 2.40. The molecule has 0 atom stereocenters. The van der Waals surface area contributed by atoms with E-state index < -0.39 is 0 Å². The molecule has 0 aromatic carbocycles. The van der Waals surface area contributed by atoms with Crippen molar-refractivity contribution in [2.75, 3.05) is 39.4 Å². The second kappa shape index (κ2) is 10.4. The maximum atomic E-state index is 5.80. The van der Waals surface area contributed by atoms with Crippen molar-refractivity contribution in [3.8, 4) is 0 Å². The Morgan fingerprint density at radius 3 is 2.33 bits per heavy atom. The highest BCUT2D eigenvalue weighted by molar-refractivity contribution is 4.73. The number of rotatable bonds is 5. The molecule has 92 valence electrons. The van der Waals surface area contributed by atoms with Gasteiger partial charge in [-0.15, -0.1) is 0 Å². The quantitative estimate of drug-likeness (QED) is 0.655. The lowest BCUT2D eigenvalue weighted by molar-refractivity contribution is 0.0988. The zero-order valence-corrected chi connectivity index (χ0v) is 10.2. The number of nitrogens with zero attached hydrogens (tertiary/aromatic N) is 1. The third-order valence-electron chi connectivity index (χ3n) is 2.45. The van der Waals surface area contributed by atoms with E-state index in [1.54, 1.807) is 0 Å². The molecular weight excluding hydrogens is 190 g/mol. The van der Waals surface area contributed by atoms with Crippen LogP contribution in [0.5, 0.6) is 0 Å². The minimum absolute atomic E-state index is 0.418. The number of ether oxygens (including phenoxy) is 1. The minimum atomic E-state index is 0.418. The van der Waals surface area contributed by atoms with E-state index in [1.807, 2.05) is 13.8 Å². The van der Waals surface area contributed by atoms with Gasteiger partial charge in [-0.05, 0) is 25.9 Å². The van der Waals surface area contributed by atoms with Gasteiger partial charge in [-0.2, -0.15) is 0 Å². The number of likely N-dealkylation sites (tertiary alicyclic amines) is 1. The van der Waals surface area contributed by atoms with Crippen LogP contribution in [-0.4, -0.2) is 50.3 Å². The highest BCUT2D eigenvalue weighted by atomic mass is 16.5. The van der Waals surface area contributed by atoms with Crippen molar-refractivity contribution in [3.63, 3.8) is 0 Å². The van der Waals surface area contributed by atoms with Crippen LogP contribution in [0.2, 0.25) is 0 Å². The van der Waals surface area contributed by atoms with Crippen LogP contribution in [-0.2, 0) is 4.74 Å². The average Bonchev–Trinajstić information content (AvgIpc) is 2.30. The molecule has 4 nitrogen and oxygen atoms in total. The SMILES string of the molecule is CC.NCCOCCN1CCC(N)CC1. The van der Waals surface area contributed by atoms with Gasteiger partial charge in [0.1, 0.15) is 0 Å². The molecule has 4 N–H and O–H groups in total. The molecule has 4 heteroatoms. The van der Waals surface area contributed by atoms with Crippen LogP contribution in [0.4, 0.5) is 0 Å². The molecule has 0 aromatic rings. The van der Waals surface area contributed by atoms with E-state index in [1.165, 1.54) is 0 Å². The summed E-state index contributed by atoms with van der Waals surface area (Å²) in [5.74, 6) is 0. The van der Waals surface area contributed by atoms with Gasteiger partial charge in [0.2, 0.25) is 0 Å². The third kappa shape index (κ3) is 7.73. The molecule has 0 aliphatic carbocycles. The number of nitrogens with two attached hydrogens (primary N) is 2. The molecule has 0 bridgehead atoms. The van der Waals surface area contributed by atoms with Crippen molar-refractivity contribution >= 4 is 0 Å². The van der Waals surface area contributed by atoms with Crippen molar-refractivity contribution < 1.29 is 4.74 Å². The van der Waals surface area contributed by atoms with Gasteiger partial charge in [-0.1, -0.05) is 13.8 Å². The zero-order chi connectivity index (χ0) is 11.5. The summed E-state index contributed by atoms with van der Waals surface area (Å²) < 4.78 is 5.31. The van der Waals surface area contributed by atoms with Gasteiger partial charge in [0.25, 0.3) is 0 Å². The molecule has 1 aliphatic heterocycles. The maximum absolute atomic E-state index is 5.80. The fourth-order valence-electron chi connectivity index (χ4n) is 1.56. The van der Waals surface area contributed by atoms with Gasteiger partial charge < -0.3 is 21.1 Å². The van der Waals surface area contributed by atoms with Gasteiger partial charge in [-0.25, -0.2) is 0 Å². The van der Waals surface area contributed by atoms with Crippen molar-refractivity contribution in [2.45, 2.75) is 32.7 Å². The lowest BCUT2D eigenvalue weighted by atomic mass is 10.1. The van der Waals surface area contributed by atoms with Crippen LogP contribution in [0.25, 0.3) is 0 Å². The maximum Gasteiger partial charge on any atom is 0.0594 e. The first-order valence-corrected chi connectivity index (χ1v) is 6.08. The Bertz CT molecular complexity index is 125. The van der Waals surface area contributed by atoms with Crippen molar-refractivity contribution in [1.29, 1.82) is 0 Å². The zero-order valence-electron chi connectivity index (χ0n) is 10.2. The molecule has 0 aromatic heterocycles. The molecule has 1 aliphatic rings. The van der Waals surface area contributed by atoms with Crippen LogP contribution in [0, 0.1) is 0 Å². The van der Waals surface area contributed by atoms with Crippen LogP contribution in [0.15, 0.2) is 0 Å². The molecular formula is C11H27N3O. The topological polar surface area (TPSA) is 64.5 Å². The first kappa shape index (κ1) is 14.8. The predicted molar refractivity (Wildman–Crippen MR) is 64.9 cm³/mol. The van der Waals surface area contributed by atoms with Gasteiger partial charge in [-0.3, -0.25) is 0 Å². The molecule has 0 saturated carbocycles.